The predicted octanol–water partition coefficient (Wildman–Crippen LogP) is 0.0103. The molecule has 2 rings (SSSR count). The van der Waals surface area contributed by atoms with Gasteiger partial charge in [0, 0.05) is 26.7 Å². The Bertz CT molecular complexity index is 301. The molecule has 2 aliphatic rings. The van der Waals surface area contributed by atoms with E-state index in [4.69, 9.17) is 11.2 Å². The highest BCUT2D eigenvalue weighted by Gasteiger charge is 2.34. The third kappa shape index (κ3) is 2.07. The van der Waals surface area contributed by atoms with E-state index in [1.165, 1.54) is 0 Å². The second-order valence-corrected chi connectivity index (χ2v) is 4.20. The van der Waals surface area contributed by atoms with Crippen molar-refractivity contribution < 1.29 is 4.74 Å². The third-order valence-electron chi connectivity index (χ3n) is 2.75. The van der Waals surface area contributed by atoms with Crippen molar-refractivity contribution in [1.29, 1.82) is 0 Å². The van der Waals surface area contributed by atoms with Crippen LogP contribution in [0.3, 0.4) is 0 Å². The zero-order chi connectivity index (χ0) is 10.8. The van der Waals surface area contributed by atoms with Crippen LogP contribution in [0.5, 0.6) is 0 Å². The minimum atomic E-state index is 0.285. The van der Waals surface area contributed by atoms with Gasteiger partial charge >= 0.3 is 0 Å². The number of rotatable bonds is 2. The van der Waals surface area contributed by atoms with Gasteiger partial charge < -0.3 is 14.5 Å². The molecule has 0 N–H and O–H groups in total. The van der Waals surface area contributed by atoms with Crippen molar-refractivity contribution in [2.75, 3.05) is 33.3 Å². The molecule has 0 saturated carbocycles. The molecule has 0 amide bonds. The van der Waals surface area contributed by atoms with Crippen LogP contribution in [-0.4, -0.2) is 61.2 Å². The van der Waals surface area contributed by atoms with Crippen molar-refractivity contribution in [3.05, 3.63) is 0 Å². The predicted molar refractivity (Wildman–Crippen MR) is 59.7 cm³/mol. The first kappa shape index (κ1) is 10.3. The van der Waals surface area contributed by atoms with Gasteiger partial charge in [-0.2, -0.15) is 0 Å². The Morgan fingerprint density at radius 2 is 2.27 bits per heavy atom. The van der Waals surface area contributed by atoms with Crippen molar-refractivity contribution in [2.24, 2.45) is 4.99 Å². The lowest BCUT2D eigenvalue weighted by atomic mass is 10.2. The molecule has 4 heteroatoms. The van der Waals surface area contributed by atoms with Gasteiger partial charge in [-0.3, -0.25) is 0 Å². The van der Waals surface area contributed by atoms with Crippen molar-refractivity contribution in [1.82, 2.24) is 9.80 Å². The van der Waals surface area contributed by atoms with E-state index in [1.807, 2.05) is 0 Å². The summed E-state index contributed by atoms with van der Waals surface area (Å²) >= 11 is 0. The molecule has 1 unspecified atom stereocenters. The molecule has 2 heterocycles. The van der Waals surface area contributed by atoms with Crippen LogP contribution in [0.4, 0.5) is 0 Å². The van der Waals surface area contributed by atoms with Gasteiger partial charge in [-0.1, -0.05) is 5.92 Å². The lowest BCUT2D eigenvalue weighted by Gasteiger charge is -2.41. The molecule has 0 bridgehead atoms. The van der Waals surface area contributed by atoms with Crippen LogP contribution in [0.25, 0.3) is 0 Å². The number of ether oxygens (including phenoxy) is 1. The lowest BCUT2D eigenvalue weighted by Crippen LogP contribution is -2.57. The topological polar surface area (TPSA) is 28.1 Å². The molecule has 1 atom stereocenters. The van der Waals surface area contributed by atoms with E-state index in [1.54, 1.807) is 0 Å². The number of hydrogen-bond acceptors (Lipinski definition) is 4. The van der Waals surface area contributed by atoms with Gasteiger partial charge in [-0.05, 0) is 6.92 Å². The maximum absolute atomic E-state index is 5.43. The van der Waals surface area contributed by atoms with Crippen LogP contribution in [0, 0.1) is 12.3 Å². The molecule has 0 aromatic rings. The number of aliphatic imine (C=N–C) groups is 1. The summed E-state index contributed by atoms with van der Waals surface area (Å²) < 4.78 is 5.43. The fraction of sp³-hybridized carbons (Fsp3) is 0.727. The fourth-order valence-corrected chi connectivity index (χ4v) is 2.01. The van der Waals surface area contributed by atoms with E-state index in [-0.39, 0.29) is 6.10 Å². The van der Waals surface area contributed by atoms with Crippen molar-refractivity contribution >= 4 is 5.96 Å². The minimum absolute atomic E-state index is 0.285. The summed E-state index contributed by atoms with van der Waals surface area (Å²) in [7, 11) is 2.08. The first-order valence-corrected chi connectivity index (χ1v) is 5.29. The Hall–Kier alpha value is -1.21. The largest absolute Gasteiger partial charge is 0.362 e. The highest BCUT2D eigenvalue weighted by Crippen LogP contribution is 2.17. The van der Waals surface area contributed by atoms with Gasteiger partial charge in [-0.25, -0.2) is 4.99 Å². The Labute approximate surface area is 90.9 Å². The number of nitrogens with zero attached hydrogens (tertiary/aromatic N) is 3. The summed E-state index contributed by atoms with van der Waals surface area (Å²) in [5.41, 5.74) is 0. The smallest absolute Gasteiger partial charge is 0.196 e. The maximum atomic E-state index is 5.43. The Kier molecular flexibility index (Phi) is 2.83. The zero-order valence-electron chi connectivity index (χ0n) is 9.31. The SMILES string of the molecule is C#CCOC1CN(C2=NC(C)CN2C)C1. The monoisotopic (exact) mass is 207 g/mol. The molecular weight excluding hydrogens is 190 g/mol. The average Bonchev–Trinajstić information content (AvgIpc) is 2.43. The number of terminal acetylenes is 1. The van der Waals surface area contributed by atoms with Crippen LogP contribution in [0.2, 0.25) is 0 Å². The van der Waals surface area contributed by atoms with Gasteiger partial charge in [0.1, 0.15) is 6.61 Å². The molecule has 0 spiro atoms. The number of guanidine groups is 1. The number of likely N-dealkylation sites (tertiary alicyclic amines) is 1. The van der Waals surface area contributed by atoms with Gasteiger partial charge in [0.15, 0.2) is 5.96 Å². The lowest BCUT2D eigenvalue weighted by molar-refractivity contribution is -0.0136. The molecule has 1 fully saturated rings. The van der Waals surface area contributed by atoms with Crippen LogP contribution in [-0.2, 0) is 4.74 Å². The van der Waals surface area contributed by atoms with E-state index in [0.29, 0.717) is 12.6 Å². The second kappa shape index (κ2) is 4.11. The molecule has 0 radical (unpaired) electrons. The van der Waals surface area contributed by atoms with E-state index in [0.717, 1.165) is 25.6 Å². The zero-order valence-corrected chi connectivity index (χ0v) is 9.31. The molecule has 0 aromatic heterocycles. The van der Waals surface area contributed by atoms with Gasteiger partial charge in [0.2, 0.25) is 0 Å². The van der Waals surface area contributed by atoms with Crippen LogP contribution >= 0.6 is 0 Å². The standard InChI is InChI=1S/C11H17N3O/c1-4-5-15-10-7-14(8-10)11-12-9(2)6-13(11)3/h1,9-10H,5-8H2,2-3H3. The third-order valence-corrected chi connectivity index (χ3v) is 2.75. The summed E-state index contributed by atoms with van der Waals surface area (Å²) in [6.07, 6.45) is 5.42. The van der Waals surface area contributed by atoms with E-state index >= 15 is 0 Å². The summed E-state index contributed by atoms with van der Waals surface area (Å²) in [6.45, 7) is 5.39. The Morgan fingerprint density at radius 3 is 2.80 bits per heavy atom. The van der Waals surface area contributed by atoms with Crippen molar-refractivity contribution in [2.45, 2.75) is 19.1 Å². The maximum Gasteiger partial charge on any atom is 0.196 e. The molecule has 4 nitrogen and oxygen atoms in total. The molecule has 82 valence electrons. The molecule has 0 aliphatic carbocycles. The van der Waals surface area contributed by atoms with E-state index < -0.39 is 0 Å². The van der Waals surface area contributed by atoms with Crippen LogP contribution < -0.4 is 0 Å². The number of likely N-dealkylation sites (N-methyl/N-ethyl adjacent to an activating group) is 1. The molecule has 15 heavy (non-hydrogen) atoms. The highest BCUT2D eigenvalue weighted by molar-refractivity contribution is 5.82. The molecule has 2 aliphatic heterocycles. The normalized spacial score (nSPS) is 26.2. The van der Waals surface area contributed by atoms with Crippen LogP contribution in [0.15, 0.2) is 4.99 Å². The molecular formula is C11H17N3O. The summed E-state index contributed by atoms with van der Waals surface area (Å²) in [6, 6.07) is 0.413. The first-order chi connectivity index (χ1) is 7.20. The van der Waals surface area contributed by atoms with Gasteiger partial charge in [-0.15, -0.1) is 6.42 Å². The van der Waals surface area contributed by atoms with Crippen LogP contribution in [0.1, 0.15) is 6.92 Å². The average molecular weight is 207 g/mol. The van der Waals surface area contributed by atoms with E-state index in [9.17, 15) is 0 Å². The molecule has 1 saturated heterocycles. The highest BCUT2D eigenvalue weighted by atomic mass is 16.5. The van der Waals surface area contributed by atoms with Gasteiger partial charge in [0.25, 0.3) is 0 Å². The minimum Gasteiger partial charge on any atom is -0.362 e. The number of hydrogen-bond donors (Lipinski definition) is 0. The summed E-state index contributed by atoms with van der Waals surface area (Å²) in [5, 5.41) is 0. The Morgan fingerprint density at radius 1 is 1.53 bits per heavy atom. The second-order valence-electron chi connectivity index (χ2n) is 4.20. The van der Waals surface area contributed by atoms with Crippen molar-refractivity contribution in [3.8, 4) is 12.3 Å². The van der Waals surface area contributed by atoms with Crippen molar-refractivity contribution in [3.63, 3.8) is 0 Å². The quantitative estimate of drug-likeness (QED) is 0.597. The molecule has 0 aromatic carbocycles. The summed E-state index contributed by atoms with van der Waals surface area (Å²) in [5.74, 6) is 3.59. The van der Waals surface area contributed by atoms with E-state index in [2.05, 4.69) is 34.7 Å². The Balaban J connectivity index is 1.80. The summed E-state index contributed by atoms with van der Waals surface area (Å²) in [4.78, 5) is 9.02. The fourth-order valence-electron chi connectivity index (χ4n) is 2.01. The van der Waals surface area contributed by atoms with Gasteiger partial charge in [0.05, 0.1) is 12.1 Å². The first-order valence-electron chi connectivity index (χ1n) is 5.29.